The van der Waals surface area contributed by atoms with Crippen molar-refractivity contribution in [2.75, 3.05) is 43.5 Å². The van der Waals surface area contributed by atoms with Gasteiger partial charge in [0, 0.05) is 38.0 Å². The zero-order chi connectivity index (χ0) is 25.3. The molecule has 1 fully saturated rings. The third-order valence-electron chi connectivity index (χ3n) is 6.71. The third kappa shape index (κ3) is 4.99. The molecule has 1 aliphatic rings. The van der Waals surface area contributed by atoms with Gasteiger partial charge in [0.05, 0.1) is 22.0 Å². The van der Waals surface area contributed by atoms with Gasteiger partial charge in [-0.05, 0) is 55.8 Å². The number of benzene rings is 2. The fraction of sp³-hybridized carbons (Fsp3) is 0.346. The van der Waals surface area contributed by atoms with Crippen LogP contribution in [0.1, 0.15) is 24.2 Å². The van der Waals surface area contributed by atoms with Crippen LogP contribution in [-0.2, 0) is 12.6 Å². The van der Waals surface area contributed by atoms with Crippen molar-refractivity contribution in [3.63, 3.8) is 0 Å². The second-order valence-corrected chi connectivity index (χ2v) is 9.08. The summed E-state index contributed by atoms with van der Waals surface area (Å²) >= 11 is 0. The van der Waals surface area contributed by atoms with Gasteiger partial charge in [0.15, 0.2) is 0 Å². The summed E-state index contributed by atoms with van der Waals surface area (Å²) in [6.07, 6.45) is -2.49. The summed E-state index contributed by atoms with van der Waals surface area (Å²) in [7, 11) is 0. The van der Waals surface area contributed by atoms with Crippen LogP contribution >= 0.6 is 0 Å². The van der Waals surface area contributed by atoms with Crippen molar-refractivity contribution in [1.29, 1.82) is 0 Å². The first-order valence-corrected chi connectivity index (χ1v) is 12.0. The maximum Gasteiger partial charge on any atom is 0.416 e. The lowest BCUT2D eigenvalue weighted by molar-refractivity contribution is -0.137. The number of aromatic nitrogens is 3. The molecule has 0 bridgehead atoms. The lowest BCUT2D eigenvalue weighted by Crippen LogP contribution is -2.46. The van der Waals surface area contributed by atoms with Gasteiger partial charge in [0.25, 0.3) is 5.56 Å². The maximum absolute atomic E-state index is 13.1. The van der Waals surface area contributed by atoms with Gasteiger partial charge in [-0.15, -0.1) is 0 Å². The Balaban J connectivity index is 1.15. The van der Waals surface area contributed by atoms with Crippen LogP contribution in [0.5, 0.6) is 0 Å². The fourth-order valence-electron chi connectivity index (χ4n) is 4.65. The standard InChI is InChI=1S/C26H27F3N6O/c27-26(28,29)19-9-10-20-22(17-19)32-24(35(30)25(20)36)7-3-4-12-33-13-15-34(16-14-33)23-11-8-18-5-1-2-6-21(18)31-23/h1-2,5-6,8-11,17H,3-4,7,12-16,30H2. The molecule has 36 heavy (non-hydrogen) atoms. The molecule has 2 aromatic heterocycles. The third-order valence-corrected chi connectivity index (χ3v) is 6.71. The van der Waals surface area contributed by atoms with Gasteiger partial charge in [0.1, 0.15) is 11.6 Å². The van der Waals surface area contributed by atoms with Crippen LogP contribution in [0.25, 0.3) is 21.8 Å². The number of pyridine rings is 1. The Hall–Kier alpha value is -3.66. The van der Waals surface area contributed by atoms with Crippen molar-refractivity contribution in [2.24, 2.45) is 0 Å². The molecule has 5 rings (SSSR count). The molecule has 0 aliphatic carbocycles. The number of nitrogens with zero attached hydrogens (tertiary/aromatic N) is 5. The lowest BCUT2D eigenvalue weighted by atomic mass is 10.1. The average Bonchev–Trinajstić information content (AvgIpc) is 2.88. The summed E-state index contributed by atoms with van der Waals surface area (Å²) in [5.74, 6) is 7.18. The minimum absolute atomic E-state index is 0.0185. The number of nitrogen functional groups attached to an aromatic ring is 1. The number of aryl methyl sites for hydroxylation is 1. The number of para-hydroxylation sites is 1. The molecular weight excluding hydrogens is 469 g/mol. The molecule has 10 heteroatoms. The maximum atomic E-state index is 13.1. The van der Waals surface area contributed by atoms with E-state index in [9.17, 15) is 18.0 Å². The Kier molecular flexibility index (Phi) is 6.53. The van der Waals surface area contributed by atoms with Gasteiger partial charge in [0.2, 0.25) is 0 Å². The normalized spacial score (nSPS) is 15.1. The first kappa shape index (κ1) is 24.1. The number of alkyl halides is 3. The van der Waals surface area contributed by atoms with Crippen LogP contribution in [0.4, 0.5) is 19.0 Å². The summed E-state index contributed by atoms with van der Waals surface area (Å²) < 4.78 is 40.1. The molecule has 0 amide bonds. The second kappa shape index (κ2) is 9.77. The molecule has 0 spiro atoms. The van der Waals surface area contributed by atoms with Crippen LogP contribution in [0, 0.1) is 0 Å². The van der Waals surface area contributed by atoms with Crippen molar-refractivity contribution in [2.45, 2.75) is 25.4 Å². The largest absolute Gasteiger partial charge is 0.416 e. The monoisotopic (exact) mass is 496 g/mol. The van der Waals surface area contributed by atoms with Crippen LogP contribution in [0.2, 0.25) is 0 Å². The number of hydrogen-bond donors (Lipinski definition) is 1. The van der Waals surface area contributed by atoms with E-state index in [1.807, 2.05) is 18.2 Å². The molecule has 0 unspecified atom stereocenters. The summed E-state index contributed by atoms with van der Waals surface area (Å²) in [5.41, 5.74) is -0.361. The smallest absolute Gasteiger partial charge is 0.354 e. The van der Waals surface area contributed by atoms with Crippen molar-refractivity contribution >= 4 is 27.6 Å². The number of anilines is 1. The van der Waals surface area contributed by atoms with Gasteiger partial charge >= 0.3 is 6.18 Å². The zero-order valence-electron chi connectivity index (χ0n) is 19.7. The van der Waals surface area contributed by atoms with Crippen LogP contribution in [0.3, 0.4) is 0 Å². The lowest BCUT2D eigenvalue weighted by Gasteiger charge is -2.35. The van der Waals surface area contributed by atoms with Crippen molar-refractivity contribution in [3.8, 4) is 0 Å². The summed E-state index contributed by atoms with van der Waals surface area (Å²) in [6.45, 7) is 4.51. The minimum atomic E-state index is -4.50. The van der Waals surface area contributed by atoms with E-state index in [-0.39, 0.29) is 10.9 Å². The van der Waals surface area contributed by atoms with Crippen molar-refractivity contribution in [1.82, 2.24) is 19.5 Å². The highest BCUT2D eigenvalue weighted by molar-refractivity contribution is 5.80. The summed E-state index contributed by atoms with van der Waals surface area (Å²) in [6, 6.07) is 15.2. The highest BCUT2D eigenvalue weighted by Gasteiger charge is 2.31. The van der Waals surface area contributed by atoms with Crippen LogP contribution in [0.15, 0.2) is 59.4 Å². The number of fused-ring (bicyclic) bond motifs is 2. The topological polar surface area (TPSA) is 80.3 Å². The Morgan fingerprint density at radius 1 is 0.889 bits per heavy atom. The number of piperazine rings is 1. The van der Waals surface area contributed by atoms with Gasteiger partial charge in [-0.1, -0.05) is 18.2 Å². The van der Waals surface area contributed by atoms with Gasteiger partial charge in [-0.25, -0.2) is 14.6 Å². The Bertz CT molecular complexity index is 1440. The van der Waals surface area contributed by atoms with E-state index < -0.39 is 17.3 Å². The molecule has 188 valence electrons. The van der Waals surface area contributed by atoms with Crippen LogP contribution < -0.4 is 16.3 Å². The van der Waals surface area contributed by atoms with Crippen molar-refractivity contribution in [3.05, 3.63) is 76.3 Å². The number of hydrogen-bond acceptors (Lipinski definition) is 6. The van der Waals surface area contributed by atoms with Gasteiger partial charge in [-0.2, -0.15) is 13.2 Å². The minimum Gasteiger partial charge on any atom is -0.354 e. The fourth-order valence-corrected chi connectivity index (χ4v) is 4.65. The molecule has 4 aromatic rings. The molecule has 3 heterocycles. The molecule has 2 aromatic carbocycles. The number of nitrogens with two attached hydrogens (primary N) is 1. The van der Waals surface area contributed by atoms with E-state index in [2.05, 4.69) is 33.0 Å². The Labute approximate surface area is 205 Å². The molecule has 2 N–H and O–H groups in total. The van der Waals surface area contributed by atoms with E-state index in [0.717, 1.165) is 85.2 Å². The van der Waals surface area contributed by atoms with E-state index in [1.165, 1.54) is 0 Å². The Morgan fingerprint density at radius 3 is 2.44 bits per heavy atom. The SMILES string of the molecule is Nn1c(CCCCN2CCN(c3ccc4ccccc4n3)CC2)nc2cc(C(F)(F)F)ccc2c1=O. The highest BCUT2D eigenvalue weighted by atomic mass is 19.4. The van der Waals surface area contributed by atoms with E-state index in [0.29, 0.717) is 12.2 Å². The Morgan fingerprint density at radius 2 is 1.67 bits per heavy atom. The summed E-state index contributed by atoms with van der Waals surface area (Å²) in [5, 5.41) is 1.21. The second-order valence-electron chi connectivity index (χ2n) is 9.08. The average molecular weight is 497 g/mol. The molecule has 1 saturated heterocycles. The molecule has 0 saturated carbocycles. The first-order valence-electron chi connectivity index (χ1n) is 12.0. The number of unbranched alkanes of at least 4 members (excludes halogenated alkanes) is 1. The predicted octanol–water partition coefficient (Wildman–Crippen LogP) is 3.82. The molecular formula is C26H27F3N6O. The van der Waals surface area contributed by atoms with E-state index in [1.54, 1.807) is 0 Å². The first-order chi connectivity index (χ1) is 17.3. The highest BCUT2D eigenvalue weighted by Crippen LogP contribution is 2.30. The van der Waals surface area contributed by atoms with Crippen LogP contribution in [-0.4, -0.2) is 52.3 Å². The quantitative estimate of drug-likeness (QED) is 0.323. The summed E-state index contributed by atoms with van der Waals surface area (Å²) in [4.78, 5) is 26.2. The van der Waals surface area contributed by atoms with Crippen molar-refractivity contribution < 1.29 is 13.2 Å². The van der Waals surface area contributed by atoms with E-state index >= 15 is 0 Å². The van der Waals surface area contributed by atoms with Gasteiger partial charge < -0.3 is 10.7 Å². The molecule has 0 atom stereocenters. The molecule has 7 nitrogen and oxygen atoms in total. The van der Waals surface area contributed by atoms with Gasteiger partial charge in [-0.3, -0.25) is 9.69 Å². The zero-order valence-corrected chi connectivity index (χ0v) is 19.7. The number of rotatable bonds is 6. The molecule has 1 aliphatic heterocycles. The predicted molar refractivity (Wildman–Crippen MR) is 134 cm³/mol. The molecule has 0 radical (unpaired) electrons. The number of halogens is 3. The van der Waals surface area contributed by atoms with E-state index in [4.69, 9.17) is 10.8 Å².